The Balaban J connectivity index is 1.60. The van der Waals surface area contributed by atoms with Crippen molar-refractivity contribution in [1.82, 2.24) is 19.3 Å². The second kappa shape index (κ2) is 7.60. The minimum Gasteiger partial charge on any atom is -0.467 e. The molecule has 0 saturated heterocycles. The van der Waals surface area contributed by atoms with Gasteiger partial charge in [-0.25, -0.2) is 9.38 Å². The van der Waals surface area contributed by atoms with E-state index in [4.69, 9.17) is 9.40 Å². The van der Waals surface area contributed by atoms with E-state index in [0.29, 0.717) is 29.3 Å². The van der Waals surface area contributed by atoms with Crippen molar-refractivity contribution >= 4 is 22.7 Å². The maximum Gasteiger partial charge on any atom is 0.260 e. The van der Waals surface area contributed by atoms with Crippen molar-refractivity contribution in [3.05, 3.63) is 94.7 Å². The van der Waals surface area contributed by atoms with Crippen LogP contribution in [0.25, 0.3) is 28.1 Å². The average molecular weight is 412 g/mol. The van der Waals surface area contributed by atoms with E-state index in [1.165, 1.54) is 6.07 Å². The summed E-state index contributed by atoms with van der Waals surface area (Å²) in [5.41, 5.74) is 3.84. The zero-order chi connectivity index (χ0) is 21.4. The van der Waals surface area contributed by atoms with Crippen LogP contribution in [0.1, 0.15) is 11.3 Å². The molecular formula is C24H20N4O3. The Morgan fingerprint density at radius 1 is 1.03 bits per heavy atom. The van der Waals surface area contributed by atoms with E-state index >= 15 is 0 Å². The summed E-state index contributed by atoms with van der Waals surface area (Å²) in [5, 5.41) is 2.85. The number of hydrogen-bond donors (Lipinski definition) is 1. The lowest BCUT2D eigenvalue weighted by Gasteiger charge is -2.08. The summed E-state index contributed by atoms with van der Waals surface area (Å²) in [7, 11) is 0. The average Bonchev–Trinajstić information content (AvgIpc) is 3.40. The molecule has 154 valence electrons. The lowest BCUT2D eigenvalue weighted by molar-refractivity contribution is -0.121. The number of carbonyl (C=O) groups is 1. The van der Waals surface area contributed by atoms with Gasteiger partial charge in [0.05, 0.1) is 29.5 Å². The molecule has 5 rings (SSSR count). The summed E-state index contributed by atoms with van der Waals surface area (Å²) in [6.07, 6.45) is 1.57. The third kappa shape index (κ3) is 3.50. The van der Waals surface area contributed by atoms with Crippen LogP contribution in [0.3, 0.4) is 0 Å². The van der Waals surface area contributed by atoms with Crippen LogP contribution >= 0.6 is 0 Å². The summed E-state index contributed by atoms with van der Waals surface area (Å²) in [5.74, 6) is 0.902. The molecule has 0 fully saturated rings. The second-order valence-corrected chi connectivity index (χ2v) is 7.41. The molecule has 31 heavy (non-hydrogen) atoms. The zero-order valence-electron chi connectivity index (χ0n) is 16.9. The molecule has 2 aromatic carbocycles. The fourth-order valence-electron chi connectivity index (χ4n) is 3.69. The number of fused-ring (bicyclic) bond motifs is 3. The number of para-hydroxylation sites is 2. The van der Waals surface area contributed by atoms with Crippen molar-refractivity contribution in [3.8, 4) is 11.3 Å². The van der Waals surface area contributed by atoms with E-state index in [1.54, 1.807) is 27.4 Å². The Morgan fingerprint density at radius 2 is 1.81 bits per heavy atom. The van der Waals surface area contributed by atoms with Gasteiger partial charge < -0.3 is 14.3 Å². The minimum absolute atomic E-state index is 0.0293. The van der Waals surface area contributed by atoms with Crippen LogP contribution in [0.15, 0.2) is 82.2 Å². The van der Waals surface area contributed by atoms with Gasteiger partial charge in [-0.05, 0) is 31.2 Å². The summed E-state index contributed by atoms with van der Waals surface area (Å²) in [4.78, 5) is 30.5. The molecule has 0 radical (unpaired) electrons. The van der Waals surface area contributed by atoms with Crippen molar-refractivity contribution in [2.24, 2.45) is 0 Å². The van der Waals surface area contributed by atoms with Crippen molar-refractivity contribution in [3.63, 3.8) is 0 Å². The fraction of sp³-hybridized carbons (Fsp3) is 0.125. The molecule has 0 aliphatic rings. The highest BCUT2D eigenvalue weighted by Crippen LogP contribution is 2.22. The van der Waals surface area contributed by atoms with Gasteiger partial charge in [0.15, 0.2) is 0 Å². The molecule has 0 spiro atoms. The lowest BCUT2D eigenvalue weighted by atomic mass is 10.1. The standard InChI is InChI=1S/C24H20N4O3/c1-16-8-10-17(11-9-16)19-13-23(30)28-21-7-3-2-6-20(21)27(24(28)26-19)15-22(29)25-14-18-5-4-12-31-18/h2-13H,14-15H2,1H3,(H,25,29). The van der Waals surface area contributed by atoms with Gasteiger partial charge in [-0.2, -0.15) is 0 Å². The van der Waals surface area contributed by atoms with Gasteiger partial charge >= 0.3 is 0 Å². The van der Waals surface area contributed by atoms with Crippen molar-refractivity contribution < 1.29 is 9.21 Å². The van der Waals surface area contributed by atoms with Gasteiger partial charge in [0.25, 0.3) is 5.56 Å². The molecule has 3 aromatic heterocycles. The van der Waals surface area contributed by atoms with Crippen LogP contribution in [0.2, 0.25) is 0 Å². The summed E-state index contributed by atoms with van der Waals surface area (Å²) in [6.45, 7) is 2.33. The molecule has 0 atom stereocenters. The highest BCUT2D eigenvalue weighted by atomic mass is 16.3. The van der Waals surface area contributed by atoms with Gasteiger partial charge in [0, 0.05) is 11.6 Å². The molecule has 1 N–H and O–H groups in total. The molecule has 0 aliphatic heterocycles. The molecular weight excluding hydrogens is 392 g/mol. The van der Waals surface area contributed by atoms with Crippen LogP contribution in [0, 0.1) is 6.92 Å². The normalized spacial score (nSPS) is 11.3. The van der Waals surface area contributed by atoms with Gasteiger partial charge in [-0.1, -0.05) is 42.0 Å². The van der Waals surface area contributed by atoms with E-state index in [-0.39, 0.29) is 18.0 Å². The number of aryl methyl sites for hydroxylation is 1. The first-order valence-corrected chi connectivity index (χ1v) is 9.97. The van der Waals surface area contributed by atoms with Crippen LogP contribution in [-0.4, -0.2) is 19.9 Å². The number of imidazole rings is 1. The Morgan fingerprint density at radius 3 is 2.55 bits per heavy atom. The molecule has 0 saturated carbocycles. The maximum atomic E-state index is 13.0. The minimum atomic E-state index is -0.199. The van der Waals surface area contributed by atoms with Gasteiger partial charge in [-0.3, -0.25) is 9.59 Å². The number of hydrogen-bond acceptors (Lipinski definition) is 4. The van der Waals surface area contributed by atoms with E-state index in [1.807, 2.05) is 55.5 Å². The van der Waals surface area contributed by atoms with Crippen molar-refractivity contribution in [2.75, 3.05) is 0 Å². The van der Waals surface area contributed by atoms with Crippen LogP contribution in [-0.2, 0) is 17.9 Å². The van der Waals surface area contributed by atoms with Crippen molar-refractivity contribution in [2.45, 2.75) is 20.0 Å². The Hall–Kier alpha value is -4.13. The quantitative estimate of drug-likeness (QED) is 0.479. The monoisotopic (exact) mass is 412 g/mol. The number of amides is 1. The number of aromatic nitrogens is 3. The first-order chi connectivity index (χ1) is 15.1. The summed E-state index contributed by atoms with van der Waals surface area (Å²) >= 11 is 0. The predicted molar refractivity (Wildman–Crippen MR) is 118 cm³/mol. The number of rotatable bonds is 5. The number of carbonyl (C=O) groups excluding carboxylic acids is 1. The van der Waals surface area contributed by atoms with Gasteiger partial charge in [-0.15, -0.1) is 0 Å². The summed E-state index contributed by atoms with van der Waals surface area (Å²) < 4.78 is 8.59. The smallest absolute Gasteiger partial charge is 0.260 e. The first kappa shape index (κ1) is 18.9. The highest BCUT2D eigenvalue weighted by Gasteiger charge is 2.17. The zero-order valence-corrected chi connectivity index (χ0v) is 16.9. The maximum absolute atomic E-state index is 13.0. The molecule has 0 unspecified atom stereocenters. The van der Waals surface area contributed by atoms with Gasteiger partial charge in [0.2, 0.25) is 11.7 Å². The Kier molecular flexibility index (Phi) is 4.63. The molecule has 0 bridgehead atoms. The lowest BCUT2D eigenvalue weighted by Crippen LogP contribution is -2.27. The first-order valence-electron chi connectivity index (χ1n) is 9.97. The third-order valence-electron chi connectivity index (χ3n) is 5.24. The van der Waals surface area contributed by atoms with Crippen LogP contribution < -0.4 is 10.9 Å². The molecule has 5 aromatic rings. The fourth-order valence-corrected chi connectivity index (χ4v) is 3.69. The Bertz CT molecular complexity index is 1440. The number of benzene rings is 2. The largest absolute Gasteiger partial charge is 0.467 e. The molecule has 0 aliphatic carbocycles. The highest BCUT2D eigenvalue weighted by molar-refractivity contribution is 5.85. The van der Waals surface area contributed by atoms with Crippen LogP contribution in [0.4, 0.5) is 0 Å². The van der Waals surface area contributed by atoms with Crippen LogP contribution in [0.5, 0.6) is 0 Å². The third-order valence-corrected chi connectivity index (χ3v) is 5.24. The number of nitrogens with one attached hydrogen (secondary N) is 1. The summed E-state index contributed by atoms with van der Waals surface area (Å²) in [6, 6.07) is 20.4. The van der Waals surface area contributed by atoms with E-state index < -0.39 is 0 Å². The Labute approximate surface area is 177 Å². The SMILES string of the molecule is Cc1ccc(-c2cc(=O)n3c4ccccc4n(CC(=O)NCc4ccco4)c3n2)cc1. The van der Waals surface area contributed by atoms with E-state index in [2.05, 4.69) is 5.32 Å². The topological polar surface area (TPSA) is 81.5 Å². The van der Waals surface area contributed by atoms with Gasteiger partial charge in [0.1, 0.15) is 12.3 Å². The molecule has 7 nitrogen and oxygen atoms in total. The second-order valence-electron chi connectivity index (χ2n) is 7.41. The van der Waals surface area contributed by atoms with Crippen molar-refractivity contribution in [1.29, 1.82) is 0 Å². The number of nitrogens with zero attached hydrogens (tertiary/aromatic N) is 3. The molecule has 7 heteroatoms. The molecule has 3 heterocycles. The van der Waals surface area contributed by atoms with E-state index in [0.717, 1.165) is 16.6 Å². The predicted octanol–water partition coefficient (Wildman–Crippen LogP) is 3.53. The van der Waals surface area contributed by atoms with E-state index in [9.17, 15) is 9.59 Å². The number of furan rings is 1. The molecule has 1 amide bonds.